The second-order valence-electron chi connectivity index (χ2n) is 8.25. The fraction of sp³-hybridized carbons (Fsp3) is 0.385. The van der Waals surface area contributed by atoms with Crippen LogP contribution < -0.4 is 15.9 Å². The molecule has 1 aliphatic carbocycles. The minimum Gasteiger partial charge on any atom is -0.494 e. The normalized spacial score (nSPS) is 18.2. The Hall–Kier alpha value is -3.12. The molecule has 6 heteroatoms. The van der Waals surface area contributed by atoms with Gasteiger partial charge in [0.25, 0.3) is 0 Å². The van der Waals surface area contributed by atoms with Gasteiger partial charge in [-0.25, -0.2) is 4.99 Å². The number of rotatable bonds is 8. The van der Waals surface area contributed by atoms with Crippen LogP contribution in [0, 0.1) is 18.3 Å². The molecule has 6 nitrogen and oxygen atoms in total. The van der Waals surface area contributed by atoms with Gasteiger partial charge in [-0.1, -0.05) is 44.2 Å². The van der Waals surface area contributed by atoms with E-state index < -0.39 is 0 Å². The molecule has 0 amide bonds. The third-order valence-corrected chi connectivity index (χ3v) is 6.09. The zero-order chi connectivity index (χ0) is 23.3. The van der Waals surface area contributed by atoms with Gasteiger partial charge in [-0.2, -0.15) is 0 Å². The summed E-state index contributed by atoms with van der Waals surface area (Å²) in [5, 5.41) is 32.3. The maximum atomic E-state index is 10.7. The molecular formula is C26H34N4O2. The van der Waals surface area contributed by atoms with Crippen LogP contribution in [0.4, 0.5) is 0 Å². The quantitative estimate of drug-likeness (QED) is 0.251. The second-order valence-corrected chi connectivity index (χ2v) is 8.25. The summed E-state index contributed by atoms with van der Waals surface area (Å²) < 4.78 is 0. The van der Waals surface area contributed by atoms with Gasteiger partial charge < -0.3 is 20.5 Å². The average molecular weight is 435 g/mol. The van der Waals surface area contributed by atoms with Gasteiger partial charge in [-0.15, -0.1) is 0 Å². The lowest BCUT2D eigenvalue weighted by Gasteiger charge is -2.25. The van der Waals surface area contributed by atoms with Gasteiger partial charge in [0.15, 0.2) is 5.88 Å². The minimum atomic E-state index is 0.0240. The number of aromatic nitrogens is 1. The molecule has 170 valence electrons. The van der Waals surface area contributed by atoms with Crippen LogP contribution in [-0.4, -0.2) is 39.9 Å². The van der Waals surface area contributed by atoms with E-state index in [1.807, 2.05) is 6.92 Å². The number of hydrogen-bond donors (Lipinski definition) is 5. The van der Waals surface area contributed by atoms with E-state index in [2.05, 4.69) is 66.4 Å². The van der Waals surface area contributed by atoms with E-state index in [1.165, 1.54) is 22.8 Å². The SMILES string of the molecule is CCc1ccc(C)c(C2C=c3c(C(C)=NC(=N)/C=C\NCCO)c(O)[nH]c3=CC2CC)c1. The third-order valence-electron chi connectivity index (χ3n) is 6.09. The van der Waals surface area contributed by atoms with Crippen LogP contribution in [0.1, 0.15) is 55.4 Å². The Kier molecular flexibility index (Phi) is 7.70. The molecule has 0 bridgehead atoms. The summed E-state index contributed by atoms with van der Waals surface area (Å²) in [6.45, 7) is 8.78. The first-order valence-electron chi connectivity index (χ1n) is 11.3. The number of H-pyrrole nitrogens is 1. The van der Waals surface area contributed by atoms with Gasteiger partial charge in [-0.3, -0.25) is 5.41 Å². The summed E-state index contributed by atoms with van der Waals surface area (Å²) in [6.07, 6.45) is 9.58. The van der Waals surface area contributed by atoms with E-state index in [-0.39, 0.29) is 24.2 Å². The highest BCUT2D eigenvalue weighted by Crippen LogP contribution is 2.34. The summed E-state index contributed by atoms with van der Waals surface area (Å²) in [5.74, 6) is 0.683. The molecule has 1 aliphatic rings. The molecule has 0 radical (unpaired) electrons. The number of aryl methyl sites for hydroxylation is 2. The Morgan fingerprint density at radius 3 is 2.75 bits per heavy atom. The highest BCUT2D eigenvalue weighted by atomic mass is 16.3. The van der Waals surface area contributed by atoms with Gasteiger partial charge in [0.2, 0.25) is 0 Å². The van der Waals surface area contributed by atoms with Gasteiger partial charge in [0.05, 0.1) is 17.9 Å². The van der Waals surface area contributed by atoms with Crippen molar-refractivity contribution in [2.24, 2.45) is 10.9 Å². The highest BCUT2D eigenvalue weighted by molar-refractivity contribution is 6.09. The maximum Gasteiger partial charge on any atom is 0.198 e. The molecule has 2 atom stereocenters. The van der Waals surface area contributed by atoms with Crippen molar-refractivity contribution in [3.8, 4) is 5.88 Å². The molecule has 32 heavy (non-hydrogen) atoms. The molecule has 3 rings (SSSR count). The summed E-state index contributed by atoms with van der Waals surface area (Å²) in [4.78, 5) is 7.48. The lowest BCUT2D eigenvalue weighted by molar-refractivity contribution is 0.298. The Labute approximate surface area is 189 Å². The molecule has 1 aromatic heterocycles. The Bertz CT molecular complexity index is 1160. The van der Waals surface area contributed by atoms with Crippen LogP contribution in [0.2, 0.25) is 0 Å². The van der Waals surface area contributed by atoms with E-state index >= 15 is 0 Å². The van der Waals surface area contributed by atoms with Crippen LogP contribution in [0.5, 0.6) is 5.88 Å². The van der Waals surface area contributed by atoms with Crippen LogP contribution in [0.3, 0.4) is 0 Å². The Morgan fingerprint density at radius 2 is 2.06 bits per heavy atom. The molecule has 1 heterocycles. The van der Waals surface area contributed by atoms with E-state index in [0.717, 1.165) is 23.4 Å². The van der Waals surface area contributed by atoms with Crippen molar-refractivity contribution < 1.29 is 10.2 Å². The standard InChI is InChI=1S/C26H34N4O2/c1-5-18-8-7-16(3)20(13-18)21-15-22-23(14-19(21)6-2)30-26(32)25(22)17(4)29-24(27)9-10-28-11-12-31/h7-10,13-15,19,21,27-28,30-32H,5-6,11-12H2,1-4H3/b10-9-,27-24?,29-17?. The van der Waals surface area contributed by atoms with Crippen molar-refractivity contribution in [3.63, 3.8) is 0 Å². The van der Waals surface area contributed by atoms with Crippen molar-refractivity contribution in [1.29, 1.82) is 5.41 Å². The smallest absolute Gasteiger partial charge is 0.198 e. The number of amidine groups is 1. The zero-order valence-corrected chi connectivity index (χ0v) is 19.4. The topological polar surface area (TPSA) is 104 Å². The first-order valence-corrected chi connectivity index (χ1v) is 11.3. The van der Waals surface area contributed by atoms with Crippen LogP contribution in [0.25, 0.3) is 12.2 Å². The van der Waals surface area contributed by atoms with E-state index in [0.29, 0.717) is 23.7 Å². The fourth-order valence-corrected chi connectivity index (χ4v) is 4.33. The summed E-state index contributed by atoms with van der Waals surface area (Å²) in [5.41, 5.74) is 5.14. The molecule has 2 unspecified atom stereocenters. The molecule has 5 N–H and O–H groups in total. The number of aromatic hydroxyl groups is 1. The Morgan fingerprint density at radius 1 is 1.28 bits per heavy atom. The monoisotopic (exact) mass is 434 g/mol. The predicted octanol–water partition coefficient (Wildman–Crippen LogP) is 2.86. The van der Waals surface area contributed by atoms with Gasteiger partial charge in [0.1, 0.15) is 5.84 Å². The van der Waals surface area contributed by atoms with E-state index in [1.54, 1.807) is 6.20 Å². The van der Waals surface area contributed by atoms with Crippen LogP contribution in [0.15, 0.2) is 35.5 Å². The van der Waals surface area contributed by atoms with Crippen molar-refractivity contribution in [2.45, 2.75) is 46.5 Å². The lowest BCUT2D eigenvalue weighted by Crippen LogP contribution is -2.34. The number of aromatic amines is 1. The van der Waals surface area contributed by atoms with E-state index in [4.69, 9.17) is 10.5 Å². The minimum absolute atomic E-state index is 0.0240. The number of fused-ring (bicyclic) bond motifs is 1. The van der Waals surface area contributed by atoms with Gasteiger partial charge >= 0.3 is 0 Å². The third kappa shape index (κ3) is 5.02. The molecule has 0 saturated heterocycles. The van der Waals surface area contributed by atoms with Crippen molar-refractivity contribution in [1.82, 2.24) is 10.3 Å². The molecule has 0 saturated carbocycles. The van der Waals surface area contributed by atoms with Crippen molar-refractivity contribution in [2.75, 3.05) is 13.2 Å². The molecule has 2 aromatic rings. The predicted molar refractivity (Wildman–Crippen MR) is 132 cm³/mol. The number of aliphatic hydroxyl groups excluding tert-OH is 1. The molecule has 0 aliphatic heterocycles. The van der Waals surface area contributed by atoms with Crippen molar-refractivity contribution in [3.05, 3.63) is 63.3 Å². The average Bonchev–Trinajstić information content (AvgIpc) is 3.10. The number of benzene rings is 1. The number of aliphatic imine (C=N–C) groups is 1. The van der Waals surface area contributed by atoms with Gasteiger partial charge in [-0.05, 0) is 55.4 Å². The van der Waals surface area contributed by atoms with Crippen LogP contribution >= 0.6 is 0 Å². The molecule has 0 fully saturated rings. The molecule has 1 aromatic carbocycles. The molecular weight excluding hydrogens is 400 g/mol. The number of aliphatic hydroxyl groups is 1. The summed E-state index contributed by atoms with van der Waals surface area (Å²) >= 11 is 0. The number of nitrogens with one attached hydrogen (secondary N) is 3. The summed E-state index contributed by atoms with van der Waals surface area (Å²) in [6, 6.07) is 6.70. The van der Waals surface area contributed by atoms with Gasteiger partial charge in [0, 0.05) is 29.2 Å². The molecule has 0 spiro atoms. The first-order chi connectivity index (χ1) is 15.4. The second kappa shape index (κ2) is 10.5. The summed E-state index contributed by atoms with van der Waals surface area (Å²) in [7, 11) is 0. The zero-order valence-electron chi connectivity index (χ0n) is 19.4. The maximum absolute atomic E-state index is 10.7. The lowest BCUT2D eigenvalue weighted by atomic mass is 9.78. The Balaban J connectivity index is 2.06. The number of hydrogen-bond acceptors (Lipinski definition) is 4. The van der Waals surface area contributed by atoms with Crippen molar-refractivity contribution >= 4 is 23.7 Å². The largest absolute Gasteiger partial charge is 0.494 e. The van der Waals surface area contributed by atoms with Crippen LogP contribution in [-0.2, 0) is 6.42 Å². The fourth-order valence-electron chi connectivity index (χ4n) is 4.33. The first kappa shape index (κ1) is 23.5. The highest BCUT2D eigenvalue weighted by Gasteiger charge is 2.25. The number of nitrogens with zero attached hydrogens (tertiary/aromatic N) is 1. The van der Waals surface area contributed by atoms with E-state index in [9.17, 15) is 5.11 Å².